The molecule has 0 bridgehead atoms. The molecule has 3 nitrogen and oxygen atoms in total. The standard InChI is InChI=1S/C26H48O3Si2/c1-20(18-24(27)29-31(8,9)10)12-14-22-21(2)13-15-23-25(3,19-28-30(5,6)7)16-11-17-26(22,23)4/h18,22-23H,2,11-17,19H2,1,3-10H3/b20-18+/t22?,23?,25?,26-/m0/s1. The number of allylic oxidation sites excluding steroid dienone is 2. The van der Waals surface area contributed by atoms with Crippen LogP contribution in [0.5, 0.6) is 0 Å². The molecule has 178 valence electrons. The van der Waals surface area contributed by atoms with Crippen LogP contribution in [0.25, 0.3) is 0 Å². The van der Waals surface area contributed by atoms with E-state index in [1.165, 1.54) is 31.3 Å². The quantitative estimate of drug-likeness (QED) is 0.209. The van der Waals surface area contributed by atoms with E-state index in [0.29, 0.717) is 11.8 Å². The zero-order valence-electron chi connectivity index (χ0n) is 21.8. The van der Waals surface area contributed by atoms with Crippen LogP contribution < -0.4 is 0 Å². The van der Waals surface area contributed by atoms with Gasteiger partial charge >= 0.3 is 5.97 Å². The van der Waals surface area contributed by atoms with Crippen LogP contribution >= 0.6 is 0 Å². The maximum Gasteiger partial charge on any atom is 0.317 e. The molecular weight excluding hydrogens is 416 g/mol. The maximum atomic E-state index is 12.2. The van der Waals surface area contributed by atoms with E-state index < -0.39 is 16.6 Å². The SMILES string of the molecule is C=C1CCC2C(C)(CO[Si](C)(C)C)CCC[C@@]2(C)C1CC/C(C)=C/C(=O)O[Si](C)(C)C. The molecule has 2 aliphatic carbocycles. The van der Waals surface area contributed by atoms with Gasteiger partial charge in [-0.25, -0.2) is 4.79 Å². The van der Waals surface area contributed by atoms with E-state index in [1.807, 2.05) is 19.6 Å². The van der Waals surface area contributed by atoms with Crippen LogP contribution in [0, 0.1) is 22.7 Å². The zero-order valence-corrected chi connectivity index (χ0v) is 23.8. The molecule has 5 heteroatoms. The number of hydrogen-bond donors (Lipinski definition) is 0. The van der Waals surface area contributed by atoms with Crippen molar-refractivity contribution in [2.75, 3.05) is 6.61 Å². The summed E-state index contributed by atoms with van der Waals surface area (Å²) >= 11 is 0. The molecule has 0 saturated heterocycles. The fourth-order valence-electron chi connectivity index (χ4n) is 6.15. The van der Waals surface area contributed by atoms with Crippen LogP contribution in [0.4, 0.5) is 0 Å². The molecule has 2 fully saturated rings. The molecule has 2 saturated carbocycles. The number of carbonyl (C=O) groups excluding carboxylic acids is 1. The van der Waals surface area contributed by atoms with E-state index in [9.17, 15) is 4.79 Å². The third-order valence-corrected chi connectivity index (χ3v) is 9.40. The van der Waals surface area contributed by atoms with Gasteiger partial charge in [0, 0.05) is 12.7 Å². The summed E-state index contributed by atoms with van der Waals surface area (Å²) in [6.45, 7) is 25.5. The summed E-state index contributed by atoms with van der Waals surface area (Å²) in [5.41, 5.74) is 3.09. The van der Waals surface area contributed by atoms with Gasteiger partial charge in [0.25, 0.3) is 0 Å². The second-order valence-corrected chi connectivity index (χ2v) is 21.7. The van der Waals surface area contributed by atoms with Crippen LogP contribution in [0.3, 0.4) is 0 Å². The monoisotopic (exact) mass is 464 g/mol. The maximum absolute atomic E-state index is 12.2. The first kappa shape index (κ1) is 26.6. The number of carbonyl (C=O) groups is 1. The molecule has 0 aliphatic heterocycles. The predicted octanol–water partition coefficient (Wildman–Crippen LogP) is 7.72. The van der Waals surface area contributed by atoms with Gasteiger partial charge in [0.15, 0.2) is 8.32 Å². The fraction of sp³-hybridized carbons (Fsp3) is 0.808. The first-order valence-corrected chi connectivity index (χ1v) is 19.1. The minimum Gasteiger partial charge on any atom is -0.517 e. The van der Waals surface area contributed by atoms with Crippen molar-refractivity contribution >= 4 is 22.6 Å². The number of fused-ring (bicyclic) bond motifs is 1. The Hall–Kier alpha value is -0.656. The second-order valence-electron chi connectivity index (χ2n) is 12.8. The van der Waals surface area contributed by atoms with Gasteiger partial charge in [-0.1, -0.05) is 38.0 Å². The predicted molar refractivity (Wildman–Crippen MR) is 137 cm³/mol. The van der Waals surface area contributed by atoms with E-state index >= 15 is 0 Å². The lowest BCUT2D eigenvalue weighted by molar-refractivity contribution is -0.129. The highest BCUT2D eigenvalue weighted by atomic mass is 28.4. The Morgan fingerprint density at radius 2 is 1.77 bits per heavy atom. The first-order chi connectivity index (χ1) is 14.1. The van der Waals surface area contributed by atoms with Gasteiger partial charge in [0.1, 0.15) is 0 Å². The lowest BCUT2D eigenvalue weighted by Crippen LogP contribution is -2.52. The van der Waals surface area contributed by atoms with Gasteiger partial charge in [-0.2, -0.15) is 0 Å². The molecule has 2 aliphatic rings. The molecule has 4 atom stereocenters. The summed E-state index contributed by atoms with van der Waals surface area (Å²) < 4.78 is 12.1. The lowest BCUT2D eigenvalue weighted by atomic mass is 9.47. The fourth-order valence-corrected chi connectivity index (χ4v) is 7.57. The van der Waals surface area contributed by atoms with Gasteiger partial charge in [-0.3, -0.25) is 0 Å². The molecule has 0 aromatic carbocycles. The average Bonchev–Trinajstić information content (AvgIpc) is 2.57. The van der Waals surface area contributed by atoms with Crippen molar-refractivity contribution in [2.45, 2.75) is 105 Å². The van der Waals surface area contributed by atoms with E-state index in [0.717, 1.165) is 31.4 Å². The molecule has 0 aromatic rings. The van der Waals surface area contributed by atoms with Crippen molar-refractivity contribution in [1.82, 2.24) is 0 Å². The van der Waals surface area contributed by atoms with Crippen molar-refractivity contribution < 1.29 is 13.6 Å². The largest absolute Gasteiger partial charge is 0.517 e. The van der Waals surface area contributed by atoms with Crippen LogP contribution in [0.1, 0.15) is 65.7 Å². The number of rotatable bonds is 8. The molecule has 31 heavy (non-hydrogen) atoms. The Morgan fingerprint density at radius 3 is 2.35 bits per heavy atom. The highest BCUT2D eigenvalue weighted by Crippen LogP contribution is 2.62. The molecule has 0 aromatic heterocycles. The highest BCUT2D eigenvalue weighted by molar-refractivity contribution is 6.71. The van der Waals surface area contributed by atoms with Gasteiger partial charge in [-0.05, 0) is 107 Å². The van der Waals surface area contributed by atoms with E-state index in [-0.39, 0.29) is 16.8 Å². The zero-order chi connectivity index (χ0) is 23.7. The van der Waals surface area contributed by atoms with E-state index in [1.54, 1.807) is 6.08 Å². The Morgan fingerprint density at radius 1 is 1.13 bits per heavy atom. The van der Waals surface area contributed by atoms with E-state index in [4.69, 9.17) is 8.85 Å². The third-order valence-electron chi connectivity index (χ3n) is 7.58. The van der Waals surface area contributed by atoms with Gasteiger partial charge in [0.2, 0.25) is 8.32 Å². The summed E-state index contributed by atoms with van der Waals surface area (Å²) in [5, 5.41) is 0. The van der Waals surface area contributed by atoms with Crippen LogP contribution in [0.2, 0.25) is 39.3 Å². The smallest absolute Gasteiger partial charge is 0.317 e. The van der Waals surface area contributed by atoms with Crippen LogP contribution in [-0.2, 0) is 13.6 Å². The van der Waals surface area contributed by atoms with Crippen molar-refractivity contribution in [3.05, 3.63) is 23.8 Å². The van der Waals surface area contributed by atoms with Crippen molar-refractivity contribution in [1.29, 1.82) is 0 Å². The number of hydrogen-bond acceptors (Lipinski definition) is 3. The summed E-state index contributed by atoms with van der Waals surface area (Å²) in [5.74, 6) is 1.04. The Kier molecular flexibility index (Phi) is 8.31. The van der Waals surface area contributed by atoms with Crippen LogP contribution in [-0.4, -0.2) is 29.2 Å². The topological polar surface area (TPSA) is 35.5 Å². The van der Waals surface area contributed by atoms with Crippen molar-refractivity contribution in [2.24, 2.45) is 22.7 Å². The second kappa shape index (κ2) is 9.68. The molecular formula is C26H48O3Si2. The van der Waals surface area contributed by atoms with E-state index in [2.05, 4.69) is 47.0 Å². The summed E-state index contributed by atoms with van der Waals surface area (Å²) in [4.78, 5) is 12.2. The summed E-state index contributed by atoms with van der Waals surface area (Å²) in [6.07, 6.45) is 9.95. The molecule has 0 N–H and O–H groups in total. The minimum absolute atomic E-state index is 0.169. The summed E-state index contributed by atoms with van der Waals surface area (Å²) in [7, 11) is -3.37. The van der Waals surface area contributed by atoms with Gasteiger partial charge in [0.05, 0.1) is 0 Å². The highest BCUT2D eigenvalue weighted by Gasteiger charge is 2.54. The molecule has 0 heterocycles. The first-order valence-electron chi connectivity index (χ1n) is 12.3. The van der Waals surface area contributed by atoms with Crippen molar-refractivity contribution in [3.63, 3.8) is 0 Å². The van der Waals surface area contributed by atoms with Gasteiger partial charge in [-0.15, -0.1) is 0 Å². The third kappa shape index (κ3) is 7.16. The molecule has 0 spiro atoms. The molecule has 3 unspecified atom stereocenters. The van der Waals surface area contributed by atoms with Gasteiger partial charge < -0.3 is 8.85 Å². The molecule has 0 radical (unpaired) electrons. The average molecular weight is 465 g/mol. The lowest BCUT2D eigenvalue weighted by Gasteiger charge is -2.59. The van der Waals surface area contributed by atoms with Crippen LogP contribution in [0.15, 0.2) is 23.8 Å². The Labute approximate surface area is 194 Å². The molecule has 0 amide bonds. The normalized spacial score (nSPS) is 32.5. The Bertz CT molecular complexity index is 700. The summed E-state index contributed by atoms with van der Waals surface area (Å²) in [6, 6.07) is 0. The van der Waals surface area contributed by atoms with Crippen molar-refractivity contribution in [3.8, 4) is 0 Å². The Balaban J connectivity index is 2.13. The minimum atomic E-state index is -1.84. The molecule has 2 rings (SSSR count).